The molecule has 5 rings (SSSR count). The van der Waals surface area contributed by atoms with E-state index in [9.17, 15) is 13.6 Å². The third kappa shape index (κ3) is 4.39. The fourth-order valence-electron chi connectivity index (χ4n) is 4.14. The summed E-state index contributed by atoms with van der Waals surface area (Å²) >= 11 is 0. The van der Waals surface area contributed by atoms with Crippen molar-refractivity contribution in [1.29, 1.82) is 0 Å². The van der Waals surface area contributed by atoms with Crippen LogP contribution < -0.4 is 15.1 Å². The van der Waals surface area contributed by atoms with Gasteiger partial charge in [-0.3, -0.25) is 4.79 Å². The molecule has 1 amide bonds. The Kier molecular flexibility index (Phi) is 6.03. The molecule has 1 fully saturated rings. The maximum Gasteiger partial charge on any atom is 0.254 e. The van der Waals surface area contributed by atoms with Crippen LogP contribution in [0.5, 0.6) is 0 Å². The number of nitrogens with zero attached hydrogens (tertiary/aromatic N) is 6. The zero-order chi connectivity index (χ0) is 23.5. The topological polar surface area (TPSA) is 79.2 Å². The van der Waals surface area contributed by atoms with Crippen LogP contribution in [0.4, 0.5) is 20.3 Å². The van der Waals surface area contributed by atoms with Crippen molar-refractivity contribution in [2.24, 2.45) is 0 Å². The second-order valence-electron chi connectivity index (χ2n) is 7.99. The number of carbonyl (C=O) groups excluding carboxylic acids is 1. The first-order chi connectivity index (χ1) is 16.6. The molecule has 1 N–H and O–H groups in total. The fourth-order valence-corrected chi connectivity index (χ4v) is 4.14. The van der Waals surface area contributed by atoms with Gasteiger partial charge in [0, 0.05) is 38.4 Å². The molecule has 0 aliphatic carbocycles. The summed E-state index contributed by atoms with van der Waals surface area (Å²) in [6, 6.07) is 12.4. The quantitative estimate of drug-likeness (QED) is 0.474. The Morgan fingerprint density at radius 3 is 2.44 bits per heavy atom. The first-order valence-corrected chi connectivity index (χ1v) is 11.0. The maximum atomic E-state index is 13.8. The summed E-state index contributed by atoms with van der Waals surface area (Å²) in [5, 5.41) is 7.98. The molecule has 8 nitrogen and oxygen atoms in total. The van der Waals surface area contributed by atoms with Gasteiger partial charge in [-0.1, -0.05) is 12.1 Å². The highest BCUT2D eigenvalue weighted by molar-refractivity contribution is 5.94. The Balaban J connectivity index is 1.23. The molecule has 0 unspecified atom stereocenters. The number of amides is 1. The zero-order valence-electron chi connectivity index (χ0n) is 18.4. The van der Waals surface area contributed by atoms with Crippen LogP contribution in [-0.2, 0) is 6.54 Å². The number of anilines is 2. The van der Waals surface area contributed by atoms with Gasteiger partial charge in [0.15, 0.2) is 5.65 Å². The molecule has 0 bridgehead atoms. The second kappa shape index (κ2) is 9.42. The summed E-state index contributed by atoms with van der Waals surface area (Å²) in [5.41, 5.74) is 1.68. The van der Waals surface area contributed by atoms with E-state index in [1.807, 2.05) is 0 Å². The molecular weight excluding hydrogens is 440 g/mol. The van der Waals surface area contributed by atoms with Crippen LogP contribution in [0.1, 0.15) is 10.4 Å². The smallest absolute Gasteiger partial charge is 0.254 e. The van der Waals surface area contributed by atoms with Crippen LogP contribution >= 0.6 is 0 Å². The average molecular weight is 463 g/mol. The molecule has 1 aliphatic heterocycles. The summed E-state index contributed by atoms with van der Waals surface area (Å²) in [4.78, 5) is 25.5. The lowest BCUT2D eigenvalue weighted by Crippen LogP contribution is -2.46. The van der Waals surface area contributed by atoms with Gasteiger partial charge >= 0.3 is 0 Å². The van der Waals surface area contributed by atoms with Crippen molar-refractivity contribution in [3.05, 3.63) is 78.3 Å². The average Bonchev–Trinajstić information content (AvgIpc) is 3.28. The molecule has 34 heavy (non-hydrogen) atoms. The minimum atomic E-state index is -0.554. The molecule has 1 saturated heterocycles. The number of benzene rings is 2. The van der Waals surface area contributed by atoms with Gasteiger partial charge in [0.25, 0.3) is 5.91 Å². The van der Waals surface area contributed by atoms with Crippen LogP contribution in [0.3, 0.4) is 0 Å². The number of piperazine rings is 1. The third-order valence-electron chi connectivity index (χ3n) is 5.91. The molecule has 10 heteroatoms. The lowest BCUT2D eigenvalue weighted by atomic mass is 10.2. The van der Waals surface area contributed by atoms with Crippen LogP contribution in [0, 0.1) is 11.6 Å². The molecule has 0 atom stereocenters. The van der Waals surface area contributed by atoms with E-state index in [4.69, 9.17) is 0 Å². The Labute approximate surface area is 194 Å². The van der Waals surface area contributed by atoms with Gasteiger partial charge in [0.05, 0.1) is 23.7 Å². The number of carbonyl (C=O) groups is 1. The number of rotatable bonds is 6. The standard InChI is InChI=1S/C24H23F2N7O/c25-17-5-7-18(8-6-17)31-11-13-32(14-12-31)22-20-15-30-33(23(20)29-16-28-22)10-9-27-24(34)19-3-1-2-4-21(19)26/h1-8,15-16H,9-14H2,(H,27,34). The number of halogens is 2. The van der Waals surface area contributed by atoms with Gasteiger partial charge in [0.2, 0.25) is 0 Å². The molecule has 0 radical (unpaired) electrons. The van der Waals surface area contributed by atoms with Crippen molar-refractivity contribution in [3.63, 3.8) is 0 Å². The minimum absolute atomic E-state index is 0.0113. The lowest BCUT2D eigenvalue weighted by Gasteiger charge is -2.36. The molecule has 2 aromatic heterocycles. The Bertz CT molecular complexity index is 1300. The third-order valence-corrected chi connectivity index (χ3v) is 5.91. The second-order valence-corrected chi connectivity index (χ2v) is 7.99. The number of hydrogen-bond donors (Lipinski definition) is 1. The van der Waals surface area contributed by atoms with E-state index in [2.05, 4.69) is 30.2 Å². The monoisotopic (exact) mass is 463 g/mol. The molecule has 2 aromatic carbocycles. The Hall–Kier alpha value is -4.08. The van der Waals surface area contributed by atoms with Gasteiger partial charge in [-0.25, -0.2) is 23.4 Å². The van der Waals surface area contributed by atoms with E-state index in [1.165, 1.54) is 30.6 Å². The van der Waals surface area contributed by atoms with Crippen molar-refractivity contribution < 1.29 is 13.6 Å². The number of nitrogens with one attached hydrogen (secondary N) is 1. The van der Waals surface area contributed by atoms with Gasteiger partial charge in [0.1, 0.15) is 23.8 Å². The minimum Gasteiger partial charge on any atom is -0.368 e. The molecule has 174 valence electrons. The van der Waals surface area contributed by atoms with Crippen LogP contribution in [0.25, 0.3) is 11.0 Å². The molecular formula is C24H23F2N7O. The van der Waals surface area contributed by atoms with Crippen LogP contribution in [0.2, 0.25) is 0 Å². The molecule has 3 heterocycles. The SMILES string of the molecule is O=C(NCCn1ncc2c(N3CCN(c4ccc(F)cc4)CC3)ncnc21)c1ccccc1F. The highest BCUT2D eigenvalue weighted by Gasteiger charge is 2.21. The summed E-state index contributed by atoms with van der Waals surface area (Å²) in [6.07, 6.45) is 3.25. The molecule has 4 aromatic rings. The lowest BCUT2D eigenvalue weighted by molar-refractivity contribution is 0.0948. The Morgan fingerprint density at radius 2 is 1.68 bits per heavy atom. The van der Waals surface area contributed by atoms with Crippen LogP contribution in [-0.4, -0.2) is 58.4 Å². The number of hydrogen-bond acceptors (Lipinski definition) is 6. The number of aromatic nitrogens is 4. The molecule has 0 saturated carbocycles. The van der Waals surface area contributed by atoms with Crippen LogP contribution in [0.15, 0.2) is 61.1 Å². The predicted octanol–water partition coefficient (Wildman–Crippen LogP) is 2.86. The first-order valence-electron chi connectivity index (χ1n) is 11.0. The number of fused-ring (bicyclic) bond motifs is 1. The molecule has 1 aliphatic rings. The van der Waals surface area contributed by atoms with Crippen molar-refractivity contribution in [2.75, 3.05) is 42.5 Å². The van der Waals surface area contributed by atoms with E-state index >= 15 is 0 Å². The van der Waals surface area contributed by atoms with E-state index in [0.29, 0.717) is 12.2 Å². The van der Waals surface area contributed by atoms with Crippen molar-refractivity contribution in [2.45, 2.75) is 6.54 Å². The molecule has 0 spiro atoms. The normalized spacial score (nSPS) is 13.9. The van der Waals surface area contributed by atoms with E-state index in [0.717, 1.165) is 43.1 Å². The predicted molar refractivity (Wildman–Crippen MR) is 125 cm³/mol. The summed E-state index contributed by atoms with van der Waals surface area (Å²) in [7, 11) is 0. The highest BCUT2D eigenvalue weighted by Crippen LogP contribution is 2.25. The van der Waals surface area contributed by atoms with Gasteiger partial charge in [-0.2, -0.15) is 5.10 Å². The van der Waals surface area contributed by atoms with E-state index in [-0.39, 0.29) is 17.9 Å². The zero-order valence-corrected chi connectivity index (χ0v) is 18.4. The van der Waals surface area contributed by atoms with Gasteiger partial charge in [-0.15, -0.1) is 0 Å². The fraction of sp³-hybridized carbons (Fsp3) is 0.250. The van der Waals surface area contributed by atoms with Crippen molar-refractivity contribution in [3.8, 4) is 0 Å². The van der Waals surface area contributed by atoms with E-state index in [1.54, 1.807) is 35.1 Å². The van der Waals surface area contributed by atoms with Gasteiger partial charge in [-0.05, 0) is 36.4 Å². The van der Waals surface area contributed by atoms with E-state index < -0.39 is 11.7 Å². The largest absolute Gasteiger partial charge is 0.368 e. The van der Waals surface area contributed by atoms with Crippen molar-refractivity contribution >= 4 is 28.4 Å². The first kappa shape index (κ1) is 21.7. The maximum absolute atomic E-state index is 13.8. The summed E-state index contributed by atoms with van der Waals surface area (Å²) < 4.78 is 28.7. The summed E-state index contributed by atoms with van der Waals surface area (Å²) in [5.74, 6) is -0.453. The van der Waals surface area contributed by atoms with Gasteiger partial charge < -0.3 is 15.1 Å². The Morgan fingerprint density at radius 1 is 0.941 bits per heavy atom. The van der Waals surface area contributed by atoms with Crippen molar-refractivity contribution in [1.82, 2.24) is 25.1 Å². The summed E-state index contributed by atoms with van der Waals surface area (Å²) in [6.45, 7) is 3.75. The highest BCUT2D eigenvalue weighted by atomic mass is 19.1.